The Balaban J connectivity index is 1.96. The van der Waals surface area contributed by atoms with Crippen LogP contribution < -0.4 is 4.72 Å². The number of thiazole rings is 1. The number of carbonyl (C=O) groups is 2. The summed E-state index contributed by atoms with van der Waals surface area (Å²) in [5.41, 5.74) is 0.651. The molecule has 1 aromatic carbocycles. The summed E-state index contributed by atoms with van der Waals surface area (Å²) >= 11 is 1.37. The molecule has 132 valence electrons. The second-order valence-corrected chi connectivity index (χ2v) is 7.77. The van der Waals surface area contributed by atoms with E-state index in [1.807, 2.05) is 0 Å². The molecular formula is C16H16N2O5S2. The van der Waals surface area contributed by atoms with Crippen LogP contribution in [0.4, 0.5) is 5.69 Å². The van der Waals surface area contributed by atoms with E-state index in [-0.39, 0.29) is 5.78 Å². The van der Waals surface area contributed by atoms with Gasteiger partial charge in [0.05, 0.1) is 6.26 Å². The molecular weight excluding hydrogens is 364 g/mol. The lowest BCUT2D eigenvalue weighted by Crippen LogP contribution is -2.23. The van der Waals surface area contributed by atoms with E-state index in [0.717, 1.165) is 6.26 Å². The Kier molecular flexibility index (Phi) is 6.05. The van der Waals surface area contributed by atoms with Crippen molar-refractivity contribution in [1.29, 1.82) is 0 Å². The number of hydrogen-bond donors (Lipinski definition) is 1. The van der Waals surface area contributed by atoms with Crippen molar-refractivity contribution in [2.75, 3.05) is 11.0 Å². The van der Waals surface area contributed by atoms with Gasteiger partial charge in [-0.25, -0.2) is 18.2 Å². The maximum absolute atomic E-state index is 12.3. The summed E-state index contributed by atoms with van der Waals surface area (Å²) in [6, 6.07) is 5.85. The van der Waals surface area contributed by atoms with Crippen LogP contribution in [-0.4, -0.2) is 37.5 Å². The Morgan fingerprint density at radius 1 is 1.28 bits per heavy atom. The standard InChI is InChI=1S/C16H16N2O5S2/c1-11(23-15(19)8-7-14-17-9-10-24-14)16(20)12-3-5-13(6-4-12)18-25(2,21)22/h3-11,18H,1-2H3. The summed E-state index contributed by atoms with van der Waals surface area (Å²) < 4.78 is 29.7. The quantitative estimate of drug-likeness (QED) is 0.449. The van der Waals surface area contributed by atoms with Gasteiger partial charge in [-0.1, -0.05) is 0 Å². The number of carbonyl (C=O) groups excluding carboxylic acids is 2. The molecule has 2 rings (SSSR count). The van der Waals surface area contributed by atoms with Gasteiger partial charge < -0.3 is 4.74 Å². The zero-order chi connectivity index (χ0) is 18.4. The maximum atomic E-state index is 12.3. The number of ether oxygens (including phenoxy) is 1. The van der Waals surface area contributed by atoms with Gasteiger partial charge in [-0.2, -0.15) is 0 Å². The smallest absolute Gasteiger partial charge is 0.331 e. The van der Waals surface area contributed by atoms with Crippen molar-refractivity contribution in [2.45, 2.75) is 13.0 Å². The van der Waals surface area contributed by atoms with E-state index in [1.54, 1.807) is 11.6 Å². The van der Waals surface area contributed by atoms with Crippen LogP contribution in [0.3, 0.4) is 0 Å². The van der Waals surface area contributed by atoms with Gasteiger partial charge in [-0.05, 0) is 37.3 Å². The maximum Gasteiger partial charge on any atom is 0.331 e. The number of rotatable bonds is 7. The molecule has 2 aromatic rings. The van der Waals surface area contributed by atoms with E-state index < -0.39 is 22.1 Å². The fourth-order valence-corrected chi connectivity index (χ4v) is 2.97. The third kappa shape index (κ3) is 6.12. The van der Waals surface area contributed by atoms with Crippen LogP contribution in [0.2, 0.25) is 0 Å². The van der Waals surface area contributed by atoms with Crippen LogP contribution in [0.25, 0.3) is 6.08 Å². The molecule has 0 saturated heterocycles. The van der Waals surface area contributed by atoms with E-state index in [4.69, 9.17) is 4.74 Å². The molecule has 1 aromatic heterocycles. The van der Waals surface area contributed by atoms with E-state index in [1.165, 1.54) is 54.7 Å². The van der Waals surface area contributed by atoms with Gasteiger partial charge in [0.15, 0.2) is 6.10 Å². The third-order valence-corrected chi connectivity index (χ3v) is 4.30. The van der Waals surface area contributed by atoms with Crippen molar-refractivity contribution in [3.05, 3.63) is 52.5 Å². The minimum absolute atomic E-state index is 0.309. The highest BCUT2D eigenvalue weighted by molar-refractivity contribution is 7.92. The number of Topliss-reactive ketones (excluding diaryl/α,β-unsaturated/α-hetero) is 1. The number of benzene rings is 1. The monoisotopic (exact) mass is 380 g/mol. The predicted octanol–water partition coefficient (Wildman–Crippen LogP) is 2.34. The summed E-state index contributed by atoms with van der Waals surface area (Å²) in [6.45, 7) is 1.47. The SMILES string of the molecule is CC(OC(=O)C=Cc1nccs1)C(=O)c1ccc(NS(C)(=O)=O)cc1. The summed E-state index contributed by atoms with van der Waals surface area (Å²) in [4.78, 5) is 28.0. The van der Waals surface area contributed by atoms with Crippen LogP contribution in [0.1, 0.15) is 22.3 Å². The van der Waals surface area contributed by atoms with Gasteiger partial charge >= 0.3 is 5.97 Å². The zero-order valence-corrected chi connectivity index (χ0v) is 15.1. The largest absolute Gasteiger partial charge is 0.451 e. The molecule has 1 atom stereocenters. The van der Waals surface area contributed by atoms with E-state index in [2.05, 4.69) is 9.71 Å². The highest BCUT2D eigenvalue weighted by Crippen LogP contribution is 2.14. The first-order valence-corrected chi connectivity index (χ1v) is 9.92. The first-order valence-electron chi connectivity index (χ1n) is 7.15. The summed E-state index contributed by atoms with van der Waals surface area (Å²) in [6.07, 6.45) is 4.40. The number of esters is 1. The number of nitrogens with zero attached hydrogens (tertiary/aromatic N) is 1. The van der Waals surface area contributed by atoms with Crippen molar-refractivity contribution < 1.29 is 22.7 Å². The van der Waals surface area contributed by atoms with Gasteiger partial charge in [0, 0.05) is 28.9 Å². The average molecular weight is 380 g/mol. The first kappa shape index (κ1) is 18.8. The predicted molar refractivity (Wildman–Crippen MR) is 95.9 cm³/mol. The number of nitrogens with one attached hydrogen (secondary N) is 1. The van der Waals surface area contributed by atoms with Crippen LogP contribution in [0, 0.1) is 0 Å². The Morgan fingerprint density at radius 3 is 2.52 bits per heavy atom. The van der Waals surface area contributed by atoms with Gasteiger partial charge in [-0.15, -0.1) is 11.3 Å². The fraction of sp³-hybridized carbons (Fsp3) is 0.188. The molecule has 0 fully saturated rings. The van der Waals surface area contributed by atoms with Crippen LogP contribution in [0.5, 0.6) is 0 Å². The normalized spacial score (nSPS) is 12.7. The Hall–Kier alpha value is -2.52. The van der Waals surface area contributed by atoms with E-state index in [0.29, 0.717) is 16.3 Å². The summed E-state index contributed by atoms with van der Waals surface area (Å²) in [5.74, 6) is -1.03. The van der Waals surface area contributed by atoms with Gasteiger partial charge in [0.1, 0.15) is 5.01 Å². The number of ketones is 1. The average Bonchev–Trinajstić information content (AvgIpc) is 3.05. The van der Waals surface area contributed by atoms with Crippen molar-refractivity contribution in [1.82, 2.24) is 4.98 Å². The molecule has 7 nitrogen and oxygen atoms in total. The Labute approximate surface area is 149 Å². The zero-order valence-electron chi connectivity index (χ0n) is 13.5. The van der Waals surface area contributed by atoms with E-state index >= 15 is 0 Å². The molecule has 0 radical (unpaired) electrons. The molecule has 0 saturated carbocycles. The van der Waals surface area contributed by atoms with Gasteiger partial charge in [0.2, 0.25) is 15.8 Å². The number of anilines is 1. The molecule has 0 aliphatic carbocycles. The van der Waals surface area contributed by atoms with Crippen LogP contribution in [0.15, 0.2) is 41.9 Å². The van der Waals surface area contributed by atoms with Crippen LogP contribution in [-0.2, 0) is 19.6 Å². The number of hydrogen-bond acceptors (Lipinski definition) is 7. The third-order valence-electron chi connectivity index (χ3n) is 2.95. The minimum Gasteiger partial charge on any atom is -0.451 e. The Morgan fingerprint density at radius 2 is 1.96 bits per heavy atom. The molecule has 0 spiro atoms. The second kappa shape index (κ2) is 8.04. The molecule has 0 amide bonds. The van der Waals surface area contributed by atoms with Crippen molar-refractivity contribution >= 4 is 44.9 Å². The number of aromatic nitrogens is 1. The number of sulfonamides is 1. The van der Waals surface area contributed by atoms with Gasteiger partial charge in [-0.3, -0.25) is 9.52 Å². The second-order valence-electron chi connectivity index (χ2n) is 5.10. The minimum atomic E-state index is -3.38. The van der Waals surface area contributed by atoms with Crippen molar-refractivity contribution in [2.24, 2.45) is 0 Å². The molecule has 0 aliphatic heterocycles. The molecule has 1 unspecified atom stereocenters. The van der Waals surface area contributed by atoms with Gasteiger partial charge in [0.25, 0.3) is 0 Å². The highest BCUT2D eigenvalue weighted by Gasteiger charge is 2.18. The molecule has 25 heavy (non-hydrogen) atoms. The van der Waals surface area contributed by atoms with E-state index in [9.17, 15) is 18.0 Å². The first-order chi connectivity index (χ1) is 11.7. The van der Waals surface area contributed by atoms with Crippen molar-refractivity contribution in [3.63, 3.8) is 0 Å². The topological polar surface area (TPSA) is 102 Å². The van der Waals surface area contributed by atoms with Crippen LogP contribution >= 0.6 is 11.3 Å². The molecule has 0 aliphatic rings. The lowest BCUT2D eigenvalue weighted by Gasteiger charge is -2.11. The summed E-state index contributed by atoms with van der Waals surface area (Å²) in [7, 11) is -3.38. The Bertz CT molecular complexity index is 872. The summed E-state index contributed by atoms with van der Waals surface area (Å²) in [5, 5.41) is 2.43. The van der Waals surface area contributed by atoms with Crippen molar-refractivity contribution in [3.8, 4) is 0 Å². The molecule has 1 N–H and O–H groups in total. The molecule has 1 heterocycles. The lowest BCUT2D eigenvalue weighted by molar-refractivity contribution is -0.140. The lowest BCUT2D eigenvalue weighted by atomic mass is 10.1. The molecule has 0 bridgehead atoms. The fourth-order valence-electron chi connectivity index (χ4n) is 1.87. The highest BCUT2D eigenvalue weighted by atomic mass is 32.2. The molecule has 9 heteroatoms.